The van der Waals surface area contributed by atoms with Gasteiger partial charge in [-0.2, -0.15) is 13.2 Å². The SMILES string of the molecule is O=C(OCc1cccc(OCC(F)(F)F)c1)c1ccc(-n2cnnc2)cc1. The van der Waals surface area contributed by atoms with Crippen LogP contribution in [0.1, 0.15) is 15.9 Å². The quantitative estimate of drug-likeness (QED) is 0.615. The van der Waals surface area contributed by atoms with Crippen molar-refractivity contribution in [3.05, 3.63) is 72.3 Å². The summed E-state index contributed by atoms with van der Waals surface area (Å²) in [5.74, 6) is -0.494. The van der Waals surface area contributed by atoms with Crippen LogP contribution in [0.15, 0.2) is 61.2 Å². The van der Waals surface area contributed by atoms with E-state index in [-0.39, 0.29) is 12.4 Å². The molecule has 3 aromatic rings. The Morgan fingerprint density at radius 1 is 1.04 bits per heavy atom. The molecule has 0 spiro atoms. The number of carbonyl (C=O) groups is 1. The molecule has 1 heterocycles. The topological polar surface area (TPSA) is 66.2 Å². The van der Waals surface area contributed by atoms with E-state index in [1.54, 1.807) is 34.9 Å². The molecule has 3 rings (SSSR count). The largest absolute Gasteiger partial charge is 0.484 e. The smallest absolute Gasteiger partial charge is 0.422 e. The first kappa shape index (κ1) is 18.4. The zero-order valence-corrected chi connectivity index (χ0v) is 13.9. The van der Waals surface area contributed by atoms with Crippen molar-refractivity contribution in [3.8, 4) is 11.4 Å². The lowest BCUT2D eigenvalue weighted by atomic mass is 10.2. The molecule has 140 valence electrons. The first-order valence-electron chi connectivity index (χ1n) is 7.81. The number of alkyl halides is 3. The molecule has 9 heteroatoms. The van der Waals surface area contributed by atoms with Crippen LogP contribution in [-0.2, 0) is 11.3 Å². The van der Waals surface area contributed by atoms with Gasteiger partial charge in [-0.1, -0.05) is 12.1 Å². The fourth-order valence-corrected chi connectivity index (χ4v) is 2.23. The van der Waals surface area contributed by atoms with E-state index >= 15 is 0 Å². The van der Waals surface area contributed by atoms with Gasteiger partial charge in [0, 0.05) is 5.69 Å². The summed E-state index contributed by atoms with van der Waals surface area (Å²) < 4.78 is 48.1. The van der Waals surface area contributed by atoms with E-state index < -0.39 is 18.8 Å². The zero-order chi connectivity index (χ0) is 19.3. The van der Waals surface area contributed by atoms with Crippen molar-refractivity contribution in [2.75, 3.05) is 6.61 Å². The average Bonchev–Trinajstić information content (AvgIpc) is 3.19. The number of esters is 1. The molecule has 6 nitrogen and oxygen atoms in total. The van der Waals surface area contributed by atoms with Crippen molar-refractivity contribution >= 4 is 5.97 Å². The molecule has 0 aliphatic heterocycles. The Balaban J connectivity index is 1.57. The minimum atomic E-state index is -4.42. The third-order valence-electron chi connectivity index (χ3n) is 3.49. The van der Waals surface area contributed by atoms with Gasteiger partial charge in [0.15, 0.2) is 6.61 Å². The first-order valence-corrected chi connectivity index (χ1v) is 7.81. The highest BCUT2D eigenvalue weighted by Crippen LogP contribution is 2.20. The van der Waals surface area contributed by atoms with E-state index in [0.29, 0.717) is 11.1 Å². The molecule has 0 aliphatic carbocycles. The van der Waals surface area contributed by atoms with Gasteiger partial charge in [-0.3, -0.25) is 4.57 Å². The fraction of sp³-hybridized carbons (Fsp3) is 0.167. The van der Waals surface area contributed by atoms with Crippen LogP contribution in [0.2, 0.25) is 0 Å². The molecule has 0 atom stereocenters. The van der Waals surface area contributed by atoms with Crippen LogP contribution in [0, 0.1) is 0 Å². The maximum absolute atomic E-state index is 12.2. The molecule has 2 aromatic carbocycles. The number of carbonyl (C=O) groups excluding carboxylic acids is 1. The fourth-order valence-electron chi connectivity index (χ4n) is 2.23. The molecule has 0 fully saturated rings. The summed E-state index contributed by atoms with van der Waals surface area (Å²) >= 11 is 0. The molecule has 0 saturated heterocycles. The number of benzene rings is 2. The van der Waals surface area contributed by atoms with Crippen LogP contribution < -0.4 is 4.74 Å². The summed E-state index contributed by atoms with van der Waals surface area (Å²) in [5.41, 5.74) is 1.64. The number of hydrogen-bond donors (Lipinski definition) is 0. The van der Waals surface area contributed by atoms with Crippen LogP contribution in [0.4, 0.5) is 13.2 Å². The highest BCUT2D eigenvalue weighted by atomic mass is 19.4. The number of aromatic nitrogens is 3. The molecular formula is C18H14F3N3O3. The Morgan fingerprint density at radius 2 is 1.74 bits per heavy atom. The van der Waals surface area contributed by atoms with E-state index in [9.17, 15) is 18.0 Å². The van der Waals surface area contributed by atoms with Crippen LogP contribution in [0.3, 0.4) is 0 Å². The van der Waals surface area contributed by atoms with E-state index in [4.69, 9.17) is 4.74 Å². The third kappa shape index (κ3) is 5.30. The highest BCUT2D eigenvalue weighted by Gasteiger charge is 2.28. The highest BCUT2D eigenvalue weighted by molar-refractivity contribution is 5.89. The molecule has 0 saturated carbocycles. The van der Waals surface area contributed by atoms with Crippen molar-refractivity contribution < 1.29 is 27.4 Å². The van der Waals surface area contributed by atoms with Gasteiger partial charge in [-0.05, 0) is 42.0 Å². The molecule has 0 aliphatic rings. The maximum Gasteiger partial charge on any atom is 0.422 e. The van der Waals surface area contributed by atoms with Gasteiger partial charge in [0.1, 0.15) is 25.0 Å². The van der Waals surface area contributed by atoms with Gasteiger partial charge >= 0.3 is 12.1 Å². The van der Waals surface area contributed by atoms with Gasteiger partial charge in [0.05, 0.1) is 5.56 Å². The zero-order valence-electron chi connectivity index (χ0n) is 13.9. The minimum absolute atomic E-state index is 0.0548. The number of rotatable bonds is 6. The van der Waals surface area contributed by atoms with Crippen molar-refractivity contribution in [2.24, 2.45) is 0 Å². The normalized spacial score (nSPS) is 11.2. The molecule has 0 N–H and O–H groups in total. The predicted octanol–water partition coefficient (Wildman–Crippen LogP) is 3.57. The lowest BCUT2D eigenvalue weighted by Crippen LogP contribution is -2.19. The maximum atomic E-state index is 12.2. The first-order chi connectivity index (χ1) is 12.9. The molecule has 27 heavy (non-hydrogen) atoms. The Kier molecular flexibility index (Phi) is 5.39. The number of ether oxygens (including phenoxy) is 2. The van der Waals surface area contributed by atoms with E-state index in [1.807, 2.05) is 0 Å². The van der Waals surface area contributed by atoms with Gasteiger partial charge in [0.2, 0.25) is 0 Å². The molecule has 1 aromatic heterocycles. The third-order valence-corrected chi connectivity index (χ3v) is 3.49. The van der Waals surface area contributed by atoms with Crippen molar-refractivity contribution in [1.82, 2.24) is 14.8 Å². The molecule has 0 amide bonds. The van der Waals surface area contributed by atoms with E-state index in [0.717, 1.165) is 5.69 Å². The van der Waals surface area contributed by atoms with Crippen LogP contribution in [0.25, 0.3) is 5.69 Å². The lowest BCUT2D eigenvalue weighted by molar-refractivity contribution is -0.153. The summed E-state index contributed by atoms with van der Waals surface area (Å²) in [4.78, 5) is 12.1. The molecule has 0 bridgehead atoms. The molecule has 0 radical (unpaired) electrons. The summed E-state index contributed by atoms with van der Waals surface area (Å²) in [6.45, 7) is -1.47. The van der Waals surface area contributed by atoms with Crippen LogP contribution in [-0.4, -0.2) is 33.5 Å². The number of hydrogen-bond acceptors (Lipinski definition) is 5. The summed E-state index contributed by atoms with van der Waals surface area (Å²) in [5, 5.41) is 7.40. The average molecular weight is 377 g/mol. The van der Waals surface area contributed by atoms with Crippen molar-refractivity contribution in [2.45, 2.75) is 12.8 Å². The second-order valence-electron chi connectivity index (χ2n) is 5.54. The van der Waals surface area contributed by atoms with E-state index in [2.05, 4.69) is 14.9 Å². The van der Waals surface area contributed by atoms with Crippen LogP contribution in [0.5, 0.6) is 5.75 Å². The summed E-state index contributed by atoms with van der Waals surface area (Å²) in [6.07, 6.45) is -1.36. The Hall–Kier alpha value is -3.36. The van der Waals surface area contributed by atoms with Gasteiger partial charge < -0.3 is 9.47 Å². The summed E-state index contributed by atoms with van der Waals surface area (Å²) in [7, 11) is 0. The number of halogens is 3. The van der Waals surface area contributed by atoms with Gasteiger partial charge in [-0.15, -0.1) is 10.2 Å². The van der Waals surface area contributed by atoms with Gasteiger partial charge in [-0.25, -0.2) is 4.79 Å². The van der Waals surface area contributed by atoms with Crippen LogP contribution >= 0.6 is 0 Å². The summed E-state index contributed by atoms with van der Waals surface area (Å²) in [6, 6.07) is 12.6. The second-order valence-corrected chi connectivity index (χ2v) is 5.54. The van der Waals surface area contributed by atoms with Crippen molar-refractivity contribution in [1.29, 1.82) is 0 Å². The Morgan fingerprint density at radius 3 is 2.41 bits per heavy atom. The Bertz CT molecular complexity index is 894. The number of nitrogens with zero attached hydrogens (tertiary/aromatic N) is 3. The Labute approximate surface area is 152 Å². The van der Waals surface area contributed by atoms with Gasteiger partial charge in [0.25, 0.3) is 0 Å². The molecule has 0 unspecified atom stereocenters. The van der Waals surface area contributed by atoms with Crippen molar-refractivity contribution in [3.63, 3.8) is 0 Å². The van der Waals surface area contributed by atoms with E-state index in [1.165, 1.54) is 30.9 Å². The lowest BCUT2D eigenvalue weighted by Gasteiger charge is -2.10. The minimum Gasteiger partial charge on any atom is -0.484 e. The predicted molar refractivity (Wildman–Crippen MR) is 88.5 cm³/mol. The monoisotopic (exact) mass is 377 g/mol. The standard InChI is InChI=1S/C18H14F3N3O3/c19-18(20,21)10-27-16-3-1-2-13(8-16)9-26-17(25)14-4-6-15(7-5-14)24-11-22-23-12-24/h1-8,11-12H,9-10H2. The molecular weight excluding hydrogens is 363 g/mol. The second kappa shape index (κ2) is 7.90.